The topological polar surface area (TPSA) is 69.6 Å². The minimum Gasteiger partial charge on any atom is -0.465 e. The molecular formula is C10H10F3IN4O2. The van der Waals surface area contributed by atoms with Crippen molar-refractivity contribution in [1.82, 2.24) is 15.1 Å². The second kappa shape index (κ2) is 5.58. The zero-order chi connectivity index (χ0) is 14.9. The van der Waals surface area contributed by atoms with E-state index in [0.29, 0.717) is 18.9 Å². The van der Waals surface area contributed by atoms with Crippen molar-refractivity contribution in [2.24, 2.45) is 0 Å². The van der Waals surface area contributed by atoms with Crippen molar-refractivity contribution in [3.05, 3.63) is 15.3 Å². The van der Waals surface area contributed by atoms with Crippen LogP contribution in [0.25, 0.3) is 0 Å². The first-order valence-corrected chi connectivity index (χ1v) is 6.70. The first kappa shape index (κ1) is 15.1. The van der Waals surface area contributed by atoms with Gasteiger partial charge in [0.2, 0.25) is 0 Å². The normalized spacial score (nSPS) is 16.4. The van der Waals surface area contributed by atoms with Gasteiger partial charge in [-0.15, -0.1) is 10.2 Å². The van der Waals surface area contributed by atoms with Gasteiger partial charge in [-0.3, -0.25) is 0 Å². The molecule has 0 saturated carbocycles. The van der Waals surface area contributed by atoms with Gasteiger partial charge in [0.25, 0.3) is 0 Å². The summed E-state index contributed by atoms with van der Waals surface area (Å²) in [5.41, 5.74) is -1.01. The van der Waals surface area contributed by atoms with Crippen molar-refractivity contribution >= 4 is 34.5 Å². The Morgan fingerprint density at radius 3 is 2.30 bits per heavy atom. The minimum atomic E-state index is -4.52. The van der Waals surface area contributed by atoms with Crippen molar-refractivity contribution in [2.75, 3.05) is 31.1 Å². The zero-order valence-corrected chi connectivity index (χ0v) is 12.2. The fraction of sp³-hybridized carbons (Fsp3) is 0.500. The Morgan fingerprint density at radius 2 is 1.85 bits per heavy atom. The molecule has 1 aromatic heterocycles. The Bertz CT molecular complexity index is 518. The smallest absolute Gasteiger partial charge is 0.436 e. The van der Waals surface area contributed by atoms with Crippen molar-refractivity contribution in [1.29, 1.82) is 0 Å². The largest absolute Gasteiger partial charge is 0.465 e. The van der Waals surface area contributed by atoms with E-state index < -0.39 is 18.0 Å². The number of amides is 1. The van der Waals surface area contributed by atoms with Gasteiger partial charge >= 0.3 is 12.3 Å². The van der Waals surface area contributed by atoms with E-state index in [1.165, 1.54) is 11.0 Å². The van der Waals surface area contributed by atoms with Crippen molar-refractivity contribution < 1.29 is 23.1 Å². The molecule has 20 heavy (non-hydrogen) atoms. The van der Waals surface area contributed by atoms with Crippen LogP contribution < -0.4 is 4.90 Å². The van der Waals surface area contributed by atoms with Gasteiger partial charge in [0.05, 0.1) is 0 Å². The van der Waals surface area contributed by atoms with Crippen LogP contribution in [0, 0.1) is 3.57 Å². The summed E-state index contributed by atoms with van der Waals surface area (Å²) in [7, 11) is 0. The summed E-state index contributed by atoms with van der Waals surface area (Å²) in [6.07, 6.45) is -5.53. The second-order valence-electron chi connectivity index (χ2n) is 4.15. The average molecular weight is 402 g/mol. The lowest BCUT2D eigenvalue weighted by molar-refractivity contribution is -0.142. The SMILES string of the molecule is O=C(O)N1CCN(c2cc(I)c(C(F)(F)F)nn2)CC1. The van der Waals surface area contributed by atoms with Crippen LogP contribution in [0.5, 0.6) is 0 Å². The molecule has 0 spiro atoms. The van der Waals surface area contributed by atoms with E-state index in [1.54, 1.807) is 27.5 Å². The summed E-state index contributed by atoms with van der Waals surface area (Å²) in [5, 5.41) is 15.6. The summed E-state index contributed by atoms with van der Waals surface area (Å²) in [6, 6.07) is 1.31. The van der Waals surface area contributed by atoms with E-state index in [0.717, 1.165) is 0 Å². The van der Waals surface area contributed by atoms with Gasteiger partial charge in [0.1, 0.15) is 0 Å². The molecular weight excluding hydrogens is 392 g/mol. The maximum Gasteiger partial charge on any atom is 0.436 e. The monoisotopic (exact) mass is 402 g/mol. The van der Waals surface area contributed by atoms with E-state index in [2.05, 4.69) is 10.2 Å². The predicted molar refractivity (Wildman–Crippen MR) is 71.6 cm³/mol. The number of alkyl halides is 3. The highest BCUT2D eigenvalue weighted by molar-refractivity contribution is 14.1. The van der Waals surface area contributed by atoms with Crippen molar-refractivity contribution in [3.63, 3.8) is 0 Å². The standard InChI is InChI=1S/C10H10F3IN4O2/c11-10(12,13)8-6(14)5-7(15-16-8)17-1-3-18(4-2-17)9(19)20/h5H,1-4H2,(H,19,20). The molecule has 1 aromatic rings. The Balaban J connectivity index is 2.12. The minimum absolute atomic E-state index is 0.0271. The molecule has 0 unspecified atom stereocenters. The maximum absolute atomic E-state index is 12.6. The number of anilines is 1. The molecule has 6 nitrogen and oxygen atoms in total. The lowest BCUT2D eigenvalue weighted by Crippen LogP contribution is -2.48. The van der Waals surface area contributed by atoms with Crippen LogP contribution in [0.4, 0.5) is 23.8 Å². The van der Waals surface area contributed by atoms with Crippen LogP contribution in [0.2, 0.25) is 0 Å². The van der Waals surface area contributed by atoms with Crippen molar-refractivity contribution in [3.8, 4) is 0 Å². The van der Waals surface area contributed by atoms with Gasteiger partial charge in [0.15, 0.2) is 11.5 Å². The number of hydrogen-bond acceptors (Lipinski definition) is 4. The van der Waals surface area contributed by atoms with Gasteiger partial charge in [-0.2, -0.15) is 13.2 Å². The summed E-state index contributed by atoms with van der Waals surface area (Å²) in [5.74, 6) is 0.326. The average Bonchev–Trinajstić information content (AvgIpc) is 2.37. The Hall–Kier alpha value is -1.33. The lowest BCUT2D eigenvalue weighted by Gasteiger charge is -2.33. The molecule has 10 heteroatoms. The van der Waals surface area contributed by atoms with Gasteiger partial charge < -0.3 is 14.9 Å². The molecule has 1 fully saturated rings. The van der Waals surface area contributed by atoms with Gasteiger partial charge in [-0.1, -0.05) is 0 Å². The van der Waals surface area contributed by atoms with Gasteiger partial charge in [-0.25, -0.2) is 4.79 Å². The summed E-state index contributed by atoms with van der Waals surface area (Å²) >= 11 is 1.57. The molecule has 0 bridgehead atoms. The molecule has 1 aliphatic rings. The first-order valence-electron chi connectivity index (χ1n) is 5.62. The molecule has 1 saturated heterocycles. The van der Waals surface area contributed by atoms with E-state index >= 15 is 0 Å². The fourth-order valence-corrected chi connectivity index (χ4v) is 2.53. The van der Waals surface area contributed by atoms with Crippen LogP contribution >= 0.6 is 22.6 Å². The molecule has 110 valence electrons. The van der Waals surface area contributed by atoms with Gasteiger partial charge in [0, 0.05) is 29.7 Å². The molecule has 2 heterocycles. The van der Waals surface area contributed by atoms with Gasteiger partial charge in [-0.05, 0) is 28.7 Å². The highest BCUT2D eigenvalue weighted by atomic mass is 127. The molecule has 1 amide bonds. The number of halogens is 4. The summed E-state index contributed by atoms with van der Waals surface area (Å²) in [6.45, 7) is 1.33. The predicted octanol–water partition coefficient (Wildman–Crippen LogP) is 1.90. The third-order valence-electron chi connectivity index (χ3n) is 2.88. The third kappa shape index (κ3) is 3.22. The van der Waals surface area contributed by atoms with E-state index in [-0.39, 0.29) is 16.7 Å². The third-order valence-corrected chi connectivity index (χ3v) is 3.70. The number of aromatic nitrogens is 2. The Kier molecular flexibility index (Phi) is 4.20. The molecule has 2 rings (SSSR count). The highest BCUT2D eigenvalue weighted by Crippen LogP contribution is 2.31. The van der Waals surface area contributed by atoms with Crippen LogP contribution in [-0.2, 0) is 6.18 Å². The van der Waals surface area contributed by atoms with Crippen LogP contribution in [0.15, 0.2) is 6.07 Å². The maximum atomic E-state index is 12.6. The van der Waals surface area contributed by atoms with Crippen LogP contribution in [0.1, 0.15) is 5.69 Å². The molecule has 0 atom stereocenters. The van der Waals surface area contributed by atoms with Crippen LogP contribution in [0.3, 0.4) is 0 Å². The summed E-state index contributed by atoms with van der Waals surface area (Å²) < 4.78 is 37.7. The number of carbonyl (C=O) groups is 1. The van der Waals surface area contributed by atoms with E-state index in [9.17, 15) is 18.0 Å². The fourth-order valence-electron chi connectivity index (χ4n) is 1.83. The Morgan fingerprint density at radius 1 is 1.25 bits per heavy atom. The molecule has 0 radical (unpaired) electrons. The van der Waals surface area contributed by atoms with E-state index in [4.69, 9.17) is 5.11 Å². The molecule has 0 aliphatic carbocycles. The quantitative estimate of drug-likeness (QED) is 0.727. The van der Waals surface area contributed by atoms with E-state index in [1.807, 2.05) is 0 Å². The Labute approximate surface area is 125 Å². The number of nitrogens with zero attached hydrogens (tertiary/aromatic N) is 4. The number of hydrogen-bond donors (Lipinski definition) is 1. The lowest BCUT2D eigenvalue weighted by atomic mass is 10.3. The zero-order valence-electron chi connectivity index (χ0n) is 10.1. The molecule has 1 aliphatic heterocycles. The first-order chi connectivity index (χ1) is 9.29. The number of carboxylic acid groups (broad SMARTS) is 1. The van der Waals surface area contributed by atoms with Crippen molar-refractivity contribution in [2.45, 2.75) is 6.18 Å². The molecule has 0 aromatic carbocycles. The number of rotatable bonds is 1. The molecule has 1 N–H and O–H groups in total. The highest BCUT2D eigenvalue weighted by Gasteiger charge is 2.36. The number of piperazine rings is 1. The second-order valence-corrected chi connectivity index (χ2v) is 5.32. The summed E-state index contributed by atoms with van der Waals surface area (Å²) in [4.78, 5) is 13.7. The van der Waals surface area contributed by atoms with Crippen LogP contribution in [-0.4, -0.2) is 52.5 Å².